The number of aliphatic hydroxyl groups is 3. The van der Waals surface area contributed by atoms with Crippen LogP contribution < -0.4 is 0 Å². The van der Waals surface area contributed by atoms with E-state index in [1.54, 1.807) is 0 Å². The van der Waals surface area contributed by atoms with E-state index < -0.39 is 53.6 Å². The van der Waals surface area contributed by atoms with E-state index in [4.69, 9.17) is 23.7 Å². The quantitative estimate of drug-likeness (QED) is 0.190. The fourth-order valence-corrected chi connectivity index (χ4v) is 13.5. The molecular formula is C39H60O11. The van der Waals surface area contributed by atoms with Gasteiger partial charge in [0.2, 0.25) is 0 Å². The molecule has 2 spiro atoms. The summed E-state index contributed by atoms with van der Waals surface area (Å²) in [6.45, 7) is 17.7. The highest BCUT2D eigenvalue weighted by Crippen LogP contribution is 2.89. The van der Waals surface area contributed by atoms with E-state index >= 15 is 0 Å². The second kappa shape index (κ2) is 11.7. The Morgan fingerprint density at radius 1 is 0.900 bits per heavy atom. The molecule has 0 radical (unpaired) electrons. The number of hydrogen-bond donors (Lipinski definition) is 3. The molecule has 0 unspecified atom stereocenters. The van der Waals surface area contributed by atoms with E-state index in [9.17, 15) is 29.7 Å². The summed E-state index contributed by atoms with van der Waals surface area (Å²) in [5, 5.41) is 33.6. The van der Waals surface area contributed by atoms with Crippen molar-refractivity contribution in [1.82, 2.24) is 0 Å². The highest BCUT2D eigenvalue weighted by molar-refractivity contribution is 5.90. The van der Waals surface area contributed by atoms with Gasteiger partial charge in [-0.15, -0.1) is 0 Å². The molecule has 2 aliphatic heterocycles. The zero-order chi connectivity index (χ0) is 36.6. The van der Waals surface area contributed by atoms with Crippen molar-refractivity contribution in [1.29, 1.82) is 0 Å². The van der Waals surface area contributed by atoms with Gasteiger partial charge in [0.15, 0.2) is 18.2 Å². The molecule has 0 bridgehead atoms. The Morgan fingerprint density at radius 2 is 1.54 bits per heavy atom. The molecule has 11 nitrogen and oxygen atoms in total. The second-order valence-corrected chi connectivity index (χ2v) is 19.0. The fourth-order valence-electron chi connectivity index (χ4n) is 13.5. The van der Waals surface area contributed by atoms with Crippen molar-refractivity contribution < 1.29 is 53.4 Å². The van der Waals surface area contributed by atoms with Gasteiger partial charge < -0.3 is 39.0 Å². The Hall–Kier alpha value is -1.63. The number of carbonyl (C=O) groups is 3. The Labute approximate surface area is 296 Å². The summed E-state index contributed by atoms with van der Waals surface area (Å²) in [5.74, 6) is -0.837. The van der Waals surface area contributed by atoms with Crippen molar-refractivity contribution in [2.24, 2.45) is 50.7 Å². The molecule has 2 saturated heterocycles. The van der Waals surface area contributed by atoms with Crippen molar-refractivity contribution >= 4 is 17.7 Å². The van der Waals surface area contributed by atoms with Crippen molar-refractivity contribution in [2.75, 3.05) is 6.61 Å². The second-order valence-electron chi connectivity index (χ2n) is 19.0. The highest BCUT2D eigenvalue weighted by Gasteiger charge is 2.84. The highest BCUT2D eigenvalue weighted by atomic mass is 16.7. The van der Waals surface area contributed by atoms with Crippen LogP contribution in [0.5, 0.6) is 0 Å². The molecule has 282 valence electrons. The smallest absolute Gasteiger partial charge is 0.303 e. The van der Waals surface area contributed by atoms with Crippen LogP contribution in [-0.4, -0.2) is 94.3 Å². The molecule has 11 heteroatoms. The first-order chi connectivity index (χ1) is 23.2. The molecule has 0 aromatic carbocycles. The molecule has 3 N–H and O–H groups in total. The van der Waals surface area contributed by atoms with Gasteiger partial charge in [-0.05, 0) is 105 Å². The number of epoxide rings is 1. The van der Waals surface area contributed by atoms with Crippen LogP contribution in [0.4, 0.5) is 0 Å². The minimum Gasteiger partial charge on any atom is -0.460 e. The lowest BCUT2D eigenvalue weighted by Crippen LogP contribution is -2.61. The third-order valence-electron chi connectivity index (χ3n) is 16.0. The summed E-state index contributed by atoms with van der Waals surface area (Å²) in [5.41, 5.74) is -1.45. The summed E-state index contributed by atoms with van der Waals surface area (Å²) < 4.78 is 29.1. The number of ether oxygens (including phenoxy) is 5. The summed E-state index contributed by atoms with van der Waals surface area (Å²) >= 11 is 0. The largest absolute Gasteiger partial charge is 0.460 e. The summed E-state index contributed by atoms with van der Waals surface area (Å²) in [6, 6.07) is 0. The number of fused-ring (bicyclic) bond motifs is 2. The molecule has 5 aliphatic carbocycles. The van der Waals surface area contributed by atoms with Crippen LogP contribution in [0.2, 0.25) is 0 Å². The van der Waals surface area contributed by atoms with Crippen LogP contribution >= 0.6 is 0 Å². The number of carbonyl (C=O) groups excluding carboxylic acids is 3. The van der Waals surface area contributed by atoms with Gasteiger partial charge in [0.25, 0.3) is 0 Å². The first-order valence-electron chi connectivity index (χ1n) is 19.1. The third kappa shape index (κ3) is 4.99. The van der Waals surface area contributed by atoms with Crippen molar-refractivity contribution in [2.45, 2.75) is 168 Å². The molecule has 5 saturated carbocycles. The van der Waals surface area contributed by atoms with Crippen LogP contribution in [0.1, 0.15) is 114 Å². The fraction of sp³-hybridized carbons (Fsp3) is 0.923. The SMILES string of the molecule is CC(=O)O[C@@H]1CO[C@@H](O[C@H]2CC[C@]34C[C@]35CC[C@]3(C)[C@@H]([C@H](C)C[C@@H](OC(C)=O)[C@@H]6OC6(C)C)C(=O)[C@H](O)[C@@]3(C)[C@@H]5CC[C@H]4C2(C)C)[C@H](O)[C@H]1O. The number of rotatable bonds is 8. The van der Waals surface area contributed by atoms with Crippen LogP contribution in [0, 0.1) is 50.7 Å². The van der Waals surface area contributed by atoms with Crippen LogP contribution in [-0.2, 0) is 38.1 Å². The standard InChI is InChI=1S/C39H60O11/c1-19(16-22(47-20(2)40)32-35(6,7)50-32)27-29(43)31(45)37(9)25-11-10-24-34(4,5)26(12-13-38(24)18-39(25,38)15-14-36(27,37)8)49-33-30(44)28(42)23(17-46-33)48-21(3)41/h19,22-28,30-33,42,44-45H,10-18H2,1-9H3/t19-,22-,23-,24+,25+,26+,27+,28+,30-,31+,32+,33+,36-,37-,38-,39+/m1/s1. The molecule has 2 heterocycles. The van der Waals surface area contributed by atoms with E-state index in [-0.39, 0.29) is 70.2 Å². The van der Waals surface area contributed by atoms with E-state index in [0.29, 0.717) is 12.3 Å². The molecule has 0 aromatic rings. The van der Waals surface area contributed by atoms with Gasteiger partial charge in [-0.1, -0.05) is 34.6 Å². The van der Waals surface area contributed by atoms with Crippen molar-refractivity contribution in [3.05, 3.63) is 0 Å². The maximum Gasteiger partial charge on any atom is 0.303 e. The third-order valence-corrected chi connectivity index (χ3v) is 16.0. The summed E-state index contributed by atoms with van der Waals surface area (Å²) in [6.07, 6.45) is 0.598. The maximum atomic E-state index is 14.3. The topological polar surface area (TPSA) is 161 Å². The minimum absolute atomic E-state index is 0.0479. The van der Waals surface area contributed by atoms with Crippen LogP contribution in [0.3, 0.4) is 0 Å². The van der Waals surface area contributed by atoms with Gasteiger partial charge in [0.05, 0.1) is 18.3 Å². The monoisotopic (exact) mass is 704 g/mol. The lowest BCUT2D eigenvalue weighted by molar-refractivity contribution is -0.304. The normalized spacial score (nSPS) is 50.8. The predicted molar refractivity (Wildman–Crippen MR) is 179 cm³/mol. The first-order valence-corrected chi connectivity index (χ1v) is 19.1. The van der Waals surface area contributed by atoms with E-state index in [1.165, 1.54) is 13.8 Å². The Bertz CT molecular complexity index is 1410. The summed E-state index contributed by atoms with van der Waals surface area (Å²) in [4.78, 5) is 37.8. The van der Waals surface area contributed by atoms with Crippen LogP contribution in [0.15, 0.2) is 0 Å². The Morgan fingerprint density at radius 3 is 2.16 bits per heavy atom. The molecule has 7 aliphatic rings. The average molecular weight is 705 g/mol. The van der Waals surface area contributed by atoms with Gasteiger partial charge in [-0.25, -0.2) is 0 Å². The van der Waals surface area contributed by atoms with Gasteiger partial charge in [-0.3, -0.25) is 14.4 Å². The van der Waals surface area contributed by atoms with Crippen molar-refractivity contribution in [3.8, 4) is 0 Å². The molecule has 50 heavy (non-hydrogen) atoms. The number of ketones is 1. The number of hydrogen-bond acceptors (Lipinski definition) is 11. The van der Waals surface area contributed by atoms with E-state index in [0.717, 1.165) is 44.9 Å². The maximum absolute atomic E-state index is 14.3. The van der Waals surface area contributed by atoms with E-state index in [2.05, 4.69) is 34.6 Å². The zero-order valence-corrected chi connectivity index (χ0v) is 31.4. The molecule has 16 atom stereocenters. The Kier molecular flexibility index (Phi) is 8.58. The molecule has 7 fully saturated rings. The first kappa shape index (κ1) is 36.7. The molecule has 7 rings (SSSR count). The van der Waals surface area contributed by atoms with Crippen molar-refractivity contribution in [3.63, 3.8) is 0 Å². The lowest BCUT2D eigenvalue weighted by Gasteiger charge is -2.63. The predicted octanol–water partition coefficient (Wildman–Crippen LogP) is 4.11. The van der Waals surface area contributed by atoms with E-state index in [1.807, 2.05) is 13.8 Å². The van der Waals surface area contributed by atoms with Gasteiger partial charge >= 0.3 is 11.9 Å². The van der Waals surface area contributed by atoms with Crippen LogP contribution in [0.25, 0.3) is 0 Å². The number of aliphatic hydroxyl groups excluding tert-OH is 3. The minimum atomic E-state index is -1.34. The molecular weight excluding hydrogens is 644 g/mol. The summed E-state index contributed by atoms with van der Waals surface area (Å²) in [7, 11) is 0. The molecule has 0 aromatic heterocycles. The number of Topliss-reactive ketones (excluding diaryl/α,β-unsaturated/α-hetero) is 1. The lowest BCUT2D eigenvalue weighted by atomic mass is 9.41. The Balaban J connectivity index is 1.09. The van der Waals surface area contributed by atoms with Gasteiger partial charge in [0.1, 0.15) is 30.5 Å². The van der Waals surface area contributed by atoms with Gasteiger partial charge in [0, 0.05) is 25.2 Å². The van der Waals surface area contributed by atoms with Gasteiger partial charge in [-0.2, -0.15) is 0 Å². The zero-order valence-electron chi connectivity index (χ0n) is 31.4. The average Bonchev–Trinajstić information content (AvgIpc) is 3.87. The number of esters is 2. The molecule has 0 amide bonds.